The zero-order chi connectivity index (χ0) is 19.4. The Morgan fingerprint density at radius 3 is 2.08 bits per heavy atom. The van der Waals surface area contributed by atoms with Gasteiger partial charge in [-0.3, -0.25) is 14.9 Å². The van der Waals surface area contributed by atoms with Gasteiger partial charge in [-0.05, 0) is 18.2 Å². The van der Waals surface area contributed by atoms with Gasteiger partial charge in [0.1, 0.15) is 0 Å². The molecule has 0 atom stereocenters. The number of rotatable bonds is 7. The molecule has 0 aliphatic carbocycles. The highest BCUT2D eigenvalue weighted by atomic mass is 16.6. The fourth-order valence-corrected chi connectivity index (χ4v) is 2.44. The molecule has 0 aliphatic heterocycles. The lowest BCUT2D eigenvalue weighted by molar-refractivity contribution is -0.385. The Morgan fingerprint density at radius 1 is 0.962 bits per heavy atom. The van der Waals surface area contributed by atoms with Crippen LogP contribution in [0.4, 0.5) is 5.69 Å². The van der Waals surface area contributed by atoms with Crippen LogP contribution in [0.15, 0.2) is 24.3 Å². The summed E-state index contributed by atoms with van der Waals surface area (Å²) >= 11 is 0. The molecule has 9 nitrogen and oxygen atoms in total. The zero-order valence-corrected chi connectivity index (χ0v) is 14.6. The molecule has 9 heteroatoms. The van der Waals surface area contributed by atoms with Gasteiger partial charge >= 0.3 is 5.69 Å². The summed E-state index contributed by atoms with van der Waals surface area (Å²) in [4.78, 5) is 23.3. The van der Waals surface area contributed by atoms with Crippen molar-refractivity contribution in [1.29, 1.82) is 0 Å². The quantitative estimate of drug-likeness (QED) is 0.453. The van der Waals surface area contributed by atoms with Crippen LogP contribution < -0.4 is 18.9 Å². The number of phenolic OH excluding ortho intramolecular Hbond substituents is 1. The third-order valence-electron chi connectivity index (χ3n) is 3.69. The van der Waals surface area contributed by atoms with Gasteiger partial charge in [-0.15, -0.1) is 0 Å². The molecule has 0 unspecified atom stereocenters. The minimum absolute atomic E-state index is 0.0120. The number of benzene rings is 2. The first-order valence-corrected chi connectivity index (χ1v) is 7.28. The molecule has 0 amide bonds. The van der Waals surface area contributed by atoms with Crippen molar-refractivity contribution in [3.8, 4) is 28.7 Å². The predicted molar refractivity (Wildman–Crippen MR) is 90.8 cm³/mol. The number of hydrogen-bond donors (Lipinski definition) is 1. The number of nitrogens with zero attached hydrogens (tertiary/aromatic N) is 1. The lowest BCUT2D eigenvalue weighted by atomic mass is 10.0. The van der Waals surface area contributed by atoms with Crippen LogP contribution in [0, 0.1) is 10.1 Å². The Hall–Kier alpha value is -3.49. The third-order valence-corrected chi connectivity index (χ3v) is 3.69. The number of carbonyl (C=O) groups is 1. The molecular weight excluding hydrogens is 346 g/mol. The van der Waals surface area contributed by atoms with Crippen LogP contribution in [-0.4, -0.2) is 44.3 Å². The van der Waals surface area contributed by atoms with Gasteiger partial charge in [0.25, 0.3) is 0 Å². The van der Waals surface area contributed by atoms with Gasteiger partial charge in [-0.25, -0.2) is 0 Å². The maximum Gasteiger partial charge on any atom is 0.311 e. The number of methoxy groups -OCH3 is 4. The van der Waals surface area contributed by atoms with Crippen molar-refractivity contribution in [2.75, 3.05) is 28.4 Å². The monoisotopic (exact) mass is 363 g/mol. The molecule has 0 fully saturated rings. The van der Waals surface area contributed by atoms with E-state index in [0.717, 1.165) is 6.07 Å². The van der Waals surface area contributed by atoms with Crippen LogP contribution >= 0.6 is 0 Å². The zero-order valence-electron chi connectivity index (χ0n) is 14.6. The molecule has 0 spiro atoms. The van der Waals surface area contributed by atoms with E-state index in [0.29, 0.717) is 0 Å². The highest BCUT2D eigenvalue weighted by Gasteiger charge is 2.26. The molecule has 2 aromatic rings. The summed E-state index contributed by atoms with van der Waals surface area (Å²) in [7, 11) is 5.30. The largest absolute Gasteiger partial charge is 0.504 e. The number of phenols is 1. The van der Waals surface area contributed by atoms with Crippen molar-refractivity contribution in [2.24, 2.45) is 0 Å². The summed E-state index contributed by atoms with van der Waals surface area (Å²) < 4.78 is 20.3. The lowest BCUT2D eigenvalue weighted by Crippen LogP contribution is -2.06. The Bertz CT molecular complexity index is 862. The van der Waals surface area contributed by atoms with E-state index in [1.165, 1.54) is 46.6 Å². The van der Waals surface area contributed by atoms with E-state index in [1.54, 1.807) is 0 Å². The van der Waals surface area contributed by atoms with Crippen LogP contribution in [0.2, 0.25) is 0 Å². The second-order valence-corrected chi connectivity index (χ2v) is 5.01. The predicted octanol–water partition coefficient (Wildman–Crippen LogP) is 2.57. The summed E-state index contributed by atoms with van der Waals surface area (Å²) in [6, 6.07) is 5.01. The van der Waals surface area contributed by atoms with E-state index >= 15 is 0 Å². The molecule has 2 aromatic carbocycles. The topological polar surface area (TPSA) is 117 Å². The fourth-order valence-electron chi connectivity index (χ4n) is 2.44. The molecule has 2 rings (SSSR count). The van der Waals surface area contributed by atoms with E-state index in [1.807, 2.05) is 0 Å². The summed E-state index contributed by atoms with van der Waals surface area (Å²) in [6.07, 6.45) is 0. The van der Waals surface area contributed by atoms with E-state index in [-0.39, 0.29) is 39.8 Å². The number of hydrogen-bond acceptors (Lipinski definition) is 8. The van der Waals surface area contributed by atoms with Crippen molar-refractivity contribution in [2.45, 2.75) is 0 Å². The standard InChI is InChI=1S/C17H17NO8/c1-23-12-6-5-9(7-11(12)18(21)22)14(19)10-8-13(24-2)16(25-3)17(26-4)15(10)20/h5-8,20H,1-4H3. The van der Waals surface area contributed by atoms with Gasteiger partial charge in [-0.2, -0.15) is 0 Å². The van der Waals surface area contributed by atoms with Crippen LogP contribution in [0.1, 0.15) is 15.9 Å². The molecule has 0 aromatic heterocycles. The molecule has 0 saturated heterocycles. The van der Waals surface area contributed by atoms with Gasteiger partial charge in [0.05, 0.1) is 38.9 Å². The van der Waals surface area contributed by atoms with Crippen LogP contribution in [-0.2, 0) is 0 Å². The van der Waals surface area contributed by atoms with Crippen molar-refractivity contribution in [3.05, 3.63) is 45.5 Å². The minimum atomic E-state index is -0.662. The van der Waals surface area contributed by atoms with Crippen molar-refractivity contribution in [3.63, 3.8) is 0 Å². The average Bonchev–Trinajstić information content (AvgIpc) is 2.66. The number of ketones is 1. The Morgan fingerprint density at radius 2 is 1.58 bits per heavy atom. The highest BCUT2D eigenvalue weighted by molar-refractivity contribution is 6.12. The third kappa shape index (κ3) is 3.18. The molecule has 26 heavy (non-hydrogen) atoms. The number of aromatic hydroxyl groups is 1. The van der Waals surface area contributed by atoms with Crippen molar-refractivity contribution in [1.82, 2.24) is 0 Å². The van der Waals surface area contributed by atoms with Crippen molar-refractivity contribution >= 4 is 11.5 Å². The minimum Gasteiger partial charge on any atom is -0.504 e. The molecule has 0 bridgehead atoms. The first-order chi connectivity index (χ1) is 12.4. The summed E-state index contributed by atoms with van der Waals surface area (Å²) in [5.41, 5.74) is -0.536. The maximum absolute atomic E-state index is 12.8. The summed E-state index contributed by atoms with van der Waals surface area (Å²) in [5, 5.41) is 21.5. The summed E-state index contributed by atoms with van der Waals surface area (Å²) in [5.74, 6) is -0.918. The van der Waals surface area contributed by atoms with E-state index < -0.39 is 16.5 Å². The van der Waals surface area contributed by atoms with E-state index in [2.05, 4.69) is 0 Å². The molecule has 1 N–H and O–H groups in total. The SMILES string of the molecule is COc1ccc(C(=O)c2cc(OC)c(OC)c(OC)c2O)cc1[N+](=O)[O-]. The fraction of sp³-hybridized carbons (Fsp3) is 0.235. The van der Waals surface area contributed by atoms with Crippen LogP contribution in [0.5, 0.6) is 28.7 Å². The molecular formula is C17H17NO8. The molecule has 0 saturated carbocycles. The smallest absolute Gasteiger partial charge is 0.311 e. The number of nitro groups is 1. The number of ether oxygens (including phenoxy) is 4. The normalized spacial score (nSPS) is 10.2. The molecule has 0 aliphatic rings. The maximum atomic E-state index is 12.8. The van der Waals surface area contributed by atoms with E-state index in [4.69, 9.17) is 18.9 Å². The first kappa shape index (κ1) is 18.8. The van der Waals surface area contributed by atoms with Crippen LogP contribution in [0.3, 0.4) is 0 Å². The number of carbonyl (C=O) groups excluding carboxylic acids is 1. The Kier molecular flexibility index (Phi) is 5.51. The van der Waals surface area contributed by atoms with Gasteiger partial charge in [-0.1, -0.05) is 0 Å². The Labute approximate surface area is 148 Å². The van der Waals surface area contributed by atoms with Gasteiger partial charge < -0.3 is 24.1 Å². The summed E-state index contributed by atoms with van der Waals surface area (Å²) in [6.45, 7) is 0. The number of nitro benzene ring substituents is 1. The molecule has 0 radical (unpaired) electrons. The Balaban J connectivity index is 2.64. The highest BCUT2D eigenvalue weighted by Crippen LogP contribution is 2.46. The second-order valence-electron chi connectivity index (χ2n) is 5.01. The molecule has 0 heterocycles. The second kappa shape index (κ2) is 7.60. The van der Waals surface area contributed by atoms with Gasteiger partial charge in [0, 0.05) is 11.6 Å². The lowest BCUT2D eigenvalue weighted by Gasteiger charge is -2.16. The first-order valence-electron chi connectivity index (χ1n) is 7.28. The van der Waals surface area contributed by atoms with Crippen LogP contribution in [0.25, 0.3) is 0 Å². The van der Waals surface area contributed by atoms with Crippen molar-refractivity contribution < 1.29 is 33.8 Å². The van der Waals surface area contributed by atoms with Gasteiger partial charge in [0.15, 0.2) is 23.0 Å². The van der Waals surface area contributed by atoms with Gasteiger partial charge in [0.2, 0.25) is 11.5 Å². The van der Waals surface area contributed by atoms with E-state index in [9.17, 15) is 20.0 Å². The molecule has 138 valence electrons. The average molecular weight is 363 g/mol.